The highest BCUT2D eigenvalue weighted by Gasteiger charge is 2.25. The summed E-state index contributed by atoms with van der Waals surface area (Å²) in [6.07, 6.45) is -0.653. The number of rotatable bonds is 4. The highest BCUT2D eigenvalue weighted by molar-refractivity contribution is 6.35. The van der Waals surface area contributed by atoms with Gasteiger partial charge < -0.3 is 15.3 Å². The van der Waals surface area contributed by atoms with E-state index >= 15 is 0 Å². The Bertz CT molecular complexity index is 497. The lowest BCUT2D eigenvalue weighted by Gasteiger charge is -2.34. The predicted octanol–water partition coefficient (Wildman–Crippen LogP) is -0.172. The average molecular weight is 305 g/mol. The molecule has 6 nitrogen and oxygen atoms in total. The van der Waals surface area contributed by atoms with Crippen molar-refractivity contribution in [2.24, 2.45) is 0 Å². The number of nitrogens with one attached hydrogen (secondary N) is 1. The molecule has 2 amide bonds. The maximum Gasteiger partial charge on any atom is 0.311 e. The fourth-order valence-electron chi connectivity index (χ4n) is 2.41. The van der Waals surface area contributed by atoms with Crippen LogP contribution in [0, 0.1) is 0 Å². The molecule has 0 saturated carbocycles. The Morgan fingerprint density at radius 2 is 1.82 bits per heavy atom. The van der Waals surface area contributed by atoms with E-state index in [-0.39, 0.29) is 6.54 Å². The van der Waals surface area contributed by atoms with Gasteiger partial charge in [0.05, 0.1) is 6.10 Å². The molecule has 2 rings (SSSR count). The molecule has 0 aliphatic carbocycles. The van der Waals surface area contributed by atoms with E-state index in [1.807, 2.05) is 18.2 Å². The number of carbonyl (C=O) groups excluding carboxylic acids is 2. The van der Waals surface area contributed by atoms with Crippen LogP contribution in [0.1, 0.15) is 12.5 Å². The SMILES string of the molecule is CC(O)CNC(=O)C(=O)N1CCN(Cc2ccccc2)CC1. The molecule has 1 aliphatic rings. The lowest BCUT2D eigenvalue weighted by Crippen LogP contribution is -2.52. The molecule has 1 aromatic rings. The third kappa shape index (κ3) is 4.82. The number of nitrogens with zero attached hydrogens (tertiary/aromatic N) is 2. The smallest absolute Gasteiger partial charge is 0.311 e. The minimum absolute atomic E-state index is 0.0958. The second-order valence-corrected chi connectivity index (χ2v) is 5.61. The number of amides is 2. The van der Waals surface area contributed by atoms with Crippen LogP contribution < -0.4 is 5.32 Å². The summed E-state index contributed by atoms with van der Waals surface area (Å²) in [5.41, 5.74) is 1.25. The lowest BCUT2D eigenvalue weighted by atomic mass is 10.2. The van der Waals surface area contributed by atoms with Crippen LogP contribution in [0.15, 0.2) is 30.3 Å². The number of piperazine rings is 1. The largest absolute Gasteiger partial charge is 0.392 e. The second kappa shape index (κ2) is 7.91. The quantitative estimate of drug-likeness (QED) is 0.758. The predicted molar refractivity (Wildman–Crippen MR) is 83.0 cm³/mol. The van der Waals surface area contributed by atoms with Crippen LogP contribution in [0.4, 0.5) is 0 Å². The van der Waals surface area contributed by atoms with E-state index < -0.39 is 17.9 Å². The van der Waals surface area contributed by atoms with E-state index in [1.54, 1.807) is 11.8 Å². The van der Waals surface area contributed by atoms with Crippen molar-refractivity contribution >= 4 is 11.8 Å². The monoisotopic (exact) mass is 305 g/mol. The van der Waals surface area contributed by atoms with Crippen LogP contribution in [0.3, 0.4) is 0 Å². The van der Waals surface area contributed by atoms with Crippen molar-refractivity contribution in [2.75, 3.05) is 32.7 Å². The molecule has 6 heteroatoms. The van der Waals surface area contributed by atoms with Crippen LogP contribution in [0.2, 0.25) is 0 Å². The molecule has 1 unspecified atom stereocenters. The standard InChI is InChI=1S/C16H23N3O3/c1-13(20)11-17-15(21)16(22)19-9-7-18(8-10-19)12-14-5-3-2-4-6-14/h2-6,13,20H,7-12H2,1H3,(H,17,21). The second-order valence-electron chi connectivity index (χ2n) is 5.61. The van der Waals surface area contributed by atoms with Crippen LogP contribution in [-0.2, 0) is 16.1 Å². The van der Waals surface area contributed by atoms with Crippen LogP contribution >= 0.6 is 0 Å². The number of aliphatic hydroxyl groups excluding tert-OH is 1. The van der Waals surface area contributed by atoms with Gasteiger partial charge in [0, 0.05) is 39.3 Å². The van der Waals surface area contributed by atoms with E-state index in [2.05, 4.69) is 22.3 Å². The Hall–Kier alpha value is -1.92. The molecule has 1 fully saturated rings. The fraction of sp³-hybridized carbons (Fsp3) is 0.500. The summed E-state index contributed by atoms with van der Waals surface area (Å²) in [5.74, 6) is -1.16. The van der Waals surface area contributed by atoms with Crippen molar-refractivity contribution in [1.82, 2.24) is 15.1 Å². The van der Waals surface area contributed by atoms with Gasteiger partial charge in [-0.1, -0.05) is 30.3 Å². The van der Waals surface area contributed by atoms with Crippen molar-refractivity contribution < 1.29 is 14.7 Å². The molecule has 1 aromatic carbocycles. The highest BCUT2D eigenvalue weighted by Crippen LogP contribution is 2.08. The van der Waals surface area contributed by atoms with E-state index in [0.717, 1.165) is 19.6 Å². The van der Waals surface area contributed by atoms with E-state index in [9.17, 15) is 9.59 Å². The van der Waals surface area contributed by atoms with Gasteiger partial charge in [-0.05, 0) is 12.5 Å². The molecule has 0 aromatic heterocycles. The fourth-order valence-corrected chi connectivity index (χ4v) is 2.41. The molecule has 1 aliphatic heterocycles. The number of hydrogen-bond donors (Lipinski definition) is 2. The molecular weight excluding hydrogens is 282 g/mol. The van der Waals surface area contributed by atoms with Crippen molar-refractivity contribution in [3.05, 3.63) is 35.9 Å². The topological polar surface area (TPSA) is 72.9 Å². The molecule has 2 N–H and O–H groups in total. The number of carbonyl (C=O) groups is 2. The zero-order chi connectivity index (χ0) is 15.9. The van der Waals surface area contributed by atoms with Crippen molar-refractivity contribution in [3.63, 3.8) is 0 Å². The Balaban J connectivity index is 1.76. The zero-order valence-electron chi connectivity index (χ0n) is 12.9. The first-order valence-corrected chi connectivity index (χ1v) is 7.57. The van der Waals surface area contributed by atoms with Gasteiger partial charge in [-0.25, -0.2) is 0 Å². The zero-order valence-corrected chi connectivity index (χ0v) is 12.9. The van der Waals surface area contributed by atoms with Gasteiger partial charge in [0.2, 0.25) is 0 Å². The van der Waals surface area contributed by atoms with Gasteiger partial charge in [-0.3, -0.25) is 14.5 Å². The first kappa shape index (κ1) is 16.5. The summed E-state index contributed by atoms with van der Waals surface area (Å²) >= 11 is 0. The maximum absolute atomic E-state index is 12.0. The summed E-state index contributed by atoms with van der Waals surface area (Å²) in [6, 6.07) is 10.2. The minimum Gasteiger partial charge on any atom is -0.392 e. The molecule has 0 bridgehead atoms. The highest BCUT2D eigenvalue weighted by atomic mass is 16.3. The maximum atomic E-state index is 12.0. The van der Waals surface area contributed by atoms with Gasteiger partial charge in [0.15, 0.2) is 0 Å². The summed E-state index contributed by atoms with van der Waals surface area (Å²) in [7, 11) is 0. The Morgan fingerprint density at radius 1 is 1.18 bits per heavy atom. The first-order valence-electron chi connectivity index (χ1n) is 7.57. The Labute approximate surface area is 130 Å². The van der Waals surface area contributed by atoms with Gasteiger partial charge in [-0.15, -0.1) is 0 Å². The average Bonchev–Trinajstić information content (AvgIpc) is 2.53. The lowest BCUT2D eigenvalue weighted by molar-refractivity contribution is -0.147. The van der Waals surface area contributed by atoms with Crippen molar-refractivity contribution in [3.8, 4) is 0 Å². The number of benzene rings is 1. The Kier molecular flexibility index (Phi) is 5.91. The van der Waals surface area contributed by atoms with Crippen molar-refractivity contribution in [2.45, 2.75) is 19.6 Å². The molecular formula is C16H23N3O3. The summed E-state index contributed by atoms with van der Waals surface area (Å²) in [6.45, 7) is 5.12. The van der Waals surface area contributed by atoms with Crippen LogP contribution in [-0.4, -0.2) is 65.5 Å². The van der Waals surface area contributed by atoms with Gasteiger partial charge in [-0.2, -0.15) is 0 Å². The van der Waals surface area contributed by atoms with Crippen LogP contribution in [0.25, 0.3) is 0 Å². The van der Waals surface area contributed by atoms with Gasteiger partial charge >= 0.3 is 11.8 Å². The van der Waals surface area contributed by atoms with E-state index in [4.69, 9.17) is 5.11 Å². The Morgan fingerprint density at radius 3 is 2.41 bits per heavy atom. The van der Waals surface area contributed by atoms with Gasteiger partial charge in [0.25, 0.3) is 0 Å². The minimum atomic E-state index is -0.653. The number of hydrogen-bond acceptors (Lipinski definition) is 4. The summed E-state index contributed by atoms with van der Waals surface area (Å²) in [5, 5.41) is 11.6. The molecule has 1 atom stereocenters. The van der Waals surface area contributed by atoms with Crippen LogP contribution in [0.5, 0.6) is 0 Å². The van der Waals surface area contributed by atoms with E-state index in [0.29, 0.717) is 13.1 Å². The molecule has 1 saturated heterocycles. The molecule has 1 heterocycles. The molecule has 22 heavy (non-hydrogen) atoms. The normalized spacial score (nSPS) is 17.1. The third-order valence-electron chi connectivity index (χ3n) is 3.66. The van der Waals surface area contributed by atoms with Gasteiger partial charge in [0.1, 0.15) is 0 Å². The molecule has 0 radical (unpaired) electrons. The molecule has 0 spiro atoms. The summed E-state index contributed by atoms with van der Waals surface area (Å²) in [4.78, 5) is 27.5. The molecule has 120 valence electrons. The third-order valence-corrected chi connectivity index (χ3v) is 3.66. The van der Waals surface area contributed by atoms with E-state index in [1.165, 1.54) is 5.56 Å². The van der Waals surface area contributed by atoms with Crippen molar-refractivity contribution in [1.29, 1.82) is 0 Å². The first-order chi connectivity index (χ1) is 10.6. The number of aliphatic hydroxyl groups is 1. The summed E-state index contributed by atoms with van der Waals surface area (Å²) < 4.78 is 0.